The number of aromatic nitrogens is 3. The second-order valence-electron chi connectivity index (χ2n) is 6.87. The molecule has 0 radical (unpaired) electrons. The van der Waals surface area contributed by atoms with Crippen molar-refractivity contribution in [3.63, 3.8) is 0 Å². The average Bonchev–Trinajstić information content (AvgIpc) is 3.24. The van der Waals surface area contributed by atoms with Crippen molar-refractivity contribution in [2.75, 3.05) is 25.6 Å². The van der Waals surface area contributed by atoms with E-state index in [4.69, 9.17) is 16.2 Å². The SMILES string of the molecule is COc1ccc(CSC2CC(Cn3nnc(C(N)=O)c3N)N(S(C)(=O)=O)C2)cc1. The Kier molecular flexibility index (Phi) is 6.34. The van der Waals surface area contributed by atoms with Crippen molar-refractivity contribution in [2.45, 2.75) is 30.0 Å². The number of hydrogen-bond donors (Lipinski definition) is 2. The van der Waals surface area contributed by atoms with Gasteiger partial charge in [0.05, 0.1) is 19.9 Å². The Labute approximate surface area is 173 Å². The summed E-state index contributed by atoms with van der Waals surface area (Å²) in [6.07, 6.45) is 1.83. The van der Waals surface area contributed by atoms with Crippen LogP contribution in [0.25, 0.3) is 0 Å². The molecule has 2 unspecified atom stereocenters. The average molecular weight is 441 g/mol. The molecule has 10 nitrogen and oxygen atoms in total. The minimum Gasteiger partial charge on any atom is -0.497 e. The van der Waals surface area contributed by atoms with Crippen LogP contribution in [-0.4, -0.2) is 64.8 Å². The van der Waals surface area contributed by atoms with Crippen LogP contribution >= 0.6 is 11.8 Å². The van der Waals surface area contributed by atoms with Gasteiger partial charge in [-0.15, -0.1) is 5.10 Å². The molecule has 1 aromatic carbocycles. The van der Waals surface area contributed by atoms with E-state index in [0.717, 1.165) is 17.1 Å². The van der Waals surface area contributed by atoms with Crippen LogP contribution in [-0.2, 0) is 22.3 Å². The lowest BCUT2D eigenvalue weighted by Crippen LogP contribution is -2.38. The number of benzene rings is 1. The Bertz CT molecular complexity index is 976. The zero-order valence-corrected chi connectivity index (χ0v) is 17.8. The van der Waals surface area contributed by atoms with Crippen molar-refractivity contribution in [1.29, 1.82) is 0 Å². The number of ether oxygens (including phenoxy) is 1. The predicted molar refractivity (Wildman–Crippen MR) is 111 cm³/mol. The molecule has 0 spiro atoms. The molecule has 2 heterocycles. The zero-order chi connectivity index (χ0) is 21.2. The van der Waals surface area contributed by atoms with E-state index < -0.39 is 15.9 Å². The van der Waals surface area contributed by atoms with Gasteiger partial charge >= 0.3 is 0 Å². The Balaban J connectivity index is 1.69. The number of carbonyl (C=O) groups excluding carboxylic acids is 1. The van der Waals surface area contributed by atoms with E-state index in [1.54, 1.807) is 18.9 Å². The second-order valence-corrected chi connectivity index (χ2v) is 10.1. The first-order chi connectivity index (χ1) is 13.7. The number of sulfonamides is 1. The lowest BCUT2D eigenvalue weighted by atomic mass is 10.2. The number of nitrogens with two attached hydrogens (primary N) is 2. The quantitative estimate of drug-likeness (QED) is 0.596. The molecule has 2 aromatic rings. The summed E-state index contributed by atoms with van der Waals surface area (Å²) in [5.74, 6) is 0.827. The smallest absolute Gasteiger partial charge is 0.273 e. The van der Waals surface area contributed by atoms with Gasteiger partial charge in [-0.3, -0.25) is 4.79 Å². The van der Waals surface area contributed by atoms with Crippen molar-refractivity contribution < 1.29 is 17.9 Å². The number of thioether (sulfide) groups is 1. The predicted octanol–water partition coefficient (Wildman–Crippen LogP) is 0.304. The maximum Gasteiger partial charge on any atom is 0.273 e. The number of anilines is 1. The highest BCUT2D eigenvalue weighted by Gasteiger charge is 2.38. The minimum absolute atomic E-state index is 0.0419. The standard InChI is InChI=1S/C17H24N6O4S2/c1-27-13-5-3-11(4-6-13)10-28-14-7-12(23(9-14)29(2,25)26)8-22-16(18)15(17(19)24)20-21-22/h3-6,12,14H,7-10,18H2,1-2H3,(H2,19,24). The molecule has 0 saturated carbocycles. The van der Waals surface area contributed by atoms with Crippen LogP contribution in [0.4, 0.5) is 5.82 Å². The van der Waals surface area contributed by atoms with E-state index in [1.807, 2.05) is 24.3 Å². The van der Waals surface area contributed by atoms with E-state index in [0.29, 0.717) is 13.0 Å². The summed E-state index contributed by atoms with van der Waals surface area (Å²) in [6, 6.07) is 7.46. The molecular weight excluding hydrogens is 416 g/mol. The van der Waals surface area contributed by atoms with Gasteiger partial charge in [-0.2, -0.15) is 16.1 Å². The molecular formula is C17H24N6O4S2. The lowest BCUT2D eigenvalue weighted by Gasteiger charge is -2.21. The molecule has 1 amide bonds. The van der Waals surface area contributed by atoms with Crippen molar-refractivity contribution in [2.24, 2.45) is 5.73 Å². The highest BCUT2D eigenvalue weighted by Crippen LogP contribution is 2.32. The van der Waals surface area contributed by atoms with Crippen molar-refractivity contribution in [1.82, 2.24) is 19.3 Å². The summed E-state index contributed by atoms with van der Waals surface area (Å²) in [4.78, 5) is 11.3. The summed E-state index contributed by atoms with van der Waals surface area (Å²) < 4.78 is 32.5. The number of methoxy groups -OCH3 is 1. The first-order valence-electron chi connectivity index (χ1n) is 8.89. The number of nitrogens with zero attached hydrogens (tertiary/aromatic N) is 4. The fraction of sp³-hybridized carbons (Fsp3) is 0.471. The summed E-state index contributed by atoms with van der Waals surface area (Å²) >= 11 is 1.70. The van der Waals surface area contributed by atoms with Crippen LogP contribution < -0.4 is 16.2 Å². The van der Waals surface area contributed by atoms with Crippen LogP contribution in [0.5, 0.6) is 5.75 Å². The van der Waals surface area contributed by atoms with Gasteiger partial charge in [0.15, 0.2) is 11.5 Å². The Hall–Kier alpha value is -2.31. The van der Waals surface area contributed by atoms with E-state index in [-0.39, 0.29) is 29.3 Å². The fourth-order valence-corrected chi connectivity index (χ4v) is 5.79. The molecule has 2 atom stereocenters. The fourth-order valence-electron chi connectivity index (χ4n) is 3.30. The van der Waals surface area contributed by atoms with Crippen molar-refractivity contribution in [3.05, 3.63) is 35.5 Å². The molecule has 3 rings (SSSR count). The van der Waals surface area contributed by atoms with Crippen LogP contribution in [0.2, 0.25) is 0 Å². The third kappa shape index (κ3) is 5.00. The van der Waals surface area contributed by atoms with Gasteiger partial charge in [-0.1, -0.05) is 17.3 Å². The molecule has 1 saturated heterocycles. The van der Waals surface area contributed by atoms with E-state index in [9.17, 15) is 13.2 Å². The number of nitrogen functional groups attached to an aromatic ring is 1. The minimum atomic E-state index is -3.41. The molecule has 1 aliphatic heterocycles. The van der Waals surface area contributed by atoms with E-state index >= 15 is 0 Å². The van der Waals surface area contributed by atoms with Crippen LogP contribution in [0, 0.1) is 0 Å². The van der Waals surface area contributed by atoms with Crippen LogP contribution in [0.1, 0.15) is 22.5 Å². The molecule has 1 aliphatic rings. The van der Waals surface area contributed by atoms with Gasteiger partial charge < -0.3 is 16.2 Å². The van der Waals surface area contributed by atoms with Crippen LogP contribution in [0.3, 0.4) is 0 Å². The molecule has 29 heavy (non-hydrogen) atoms. The van der Waals surface area contributed by atoms with Crippen molar-refractivity contribution in [3.8, 4) is 5.75 Å². The molecule has 1 aromatic heterocycles. The maximum absolute atomic E-state index is 12.3. The van der Waals surface area contributed by atoms with E-state index in [2.05, 4.69) is 10.3 Å². The maximum atomic E-state index is 12.3. The first kappa shape index (κ1) is 21.4. The number of hydrogen-bond acceptors (Lipinski definition) is 8. The van der Waals surface area contributed by atoms with E-state index in [1.165, 1.54) is 15.2 Å². The molecule has 4 N–H and O–H groups in total. The van der Waals surface area contributed by atoms with Gasteiger partial charge in [0.1, 0.15) is 5.75 Å². The van der Waals surface area contributed by atoms with Gasteiger partial charge in [-0.25, -0.2) is 13.1 Å². The third-order valence-electron chi connectivity index (χ3n) is 4.79. The summed E-state index contributed by atoms with van der Waals surface area (Å²) in [7, 11) is -1.79. The second kappa shape index (κ2) is 8.59. The van der Waals surface area contributed by atoms with Crippen molar-refractivity contribution >= 4 is 33.5 Å². The number of rotatable bonds is 8. The molecule has 0 aliphatic carbocycles. The lowest BCUT2D eigenvalue weighted by molar-refractivity contribution is 0.0996. The largest absolute Gasteiger partial charge is 0.497 e. The highest BCUT2D eigenvalue weighted by atomic mass is 32.2. The number of carbonyl (C=O) groups is 1. The monoisotopic (exact) mass is 440 g/mol. The topological polar surface area (TPSA) is 146 Å². The molecule has 158 valence electrons. The summed E-state index contributed by atoms with van der Waals surface area (Å²) in [5, 5.41) is 7.66. The Morgan fingerprint density at radius 1 is 1.34 bits per heavy atom. The Morgan fingerprint density at radius 3 is 2.59 bits per heavy atom. The number of primary amides is 1. The molecule has 0 bridgehead atoms. The van der Waals surface area contributed by atoms with Gasteiger partial charge in [0.2, 0.25) is 10.0 Å². The Morgan fingerprint density at radius 2 is 2.03 bits per heavy atom. The summed E-state index contributed by atoms with van der Waals surface area (Å²) in [5.41, 5.74) is 12.1. The summed E-state index contributed by atoms with van der Waals surface area (Å²) in [6.45, 7) is 0.611. The number of amides is 1. The first-order valence-corrected chi connectivity index (χ1v) is 11.8. The molecule has 12 heteroatoms. The molecule has 1 fully saturated rings. The van der Waals surface area contributed by atoms with Gasteiger partial charge in [0, 0.05) is 23.6 Å². The van der Waals surface area contributed by atoms with Gasteiger partial charge in [0.25, 0.3) is 5.91 Å². The zero-order valence-electron chi connectivity index (χ0n) is 16.2. The third-order valence-corrected chi connectivity index (χ3v) is 7.40. The normalized spacial score (nSPS) is 20.1. The highest BCUT2D eigenvalue weighted by molar-refractivity contribution is 7.99. The van der Waals surface area contributed by atoms with Gasteiger partial charge in [-0.05, 0) is 24.1 Å². The van der Waals surface area contributed by atoms with Crippen LogP contribution in [0.15, 0.2) is 24.3 Å².